The first-order valence-electron chi connectivity index (χ1n) is 11.1. The van der Waals surface area contributed by atoms with Gasteiger partial charge in [0.15, 0.2) is 0 Å². The summed E-state index contributed by atoms with van der Waals surface area (Å²) in [6.07, 6.45) is 5.14. The maximum absolute atomic E-state index is 12.6. The number of hydrogen-bond acceptors (Lipinski definition) is 5. The second-order valence-corrected chi connectivity index (χ2v) is 8.85. The number of ether oxygens (including phenoxy) is 1. The molecule has 1 unspecified atom stereocenters. The van der Waals surface area contributed by atoms with Crippen LogP contribution in [0.15, 0.2) is 84.9 Å². The highest BCUT2D eigenvalue weighted by molar-refractivity contribution is 6.30. The number of halogens is 2. The lowest BCUT2D eigenvalue weighted by Gasteiger charge is -2.24. The number of aromatic nitrogens is 3. The van der Waals surface area contributed by atoms with Crippen molar-refractivity contribution in [2.75, 3.05) is 17.7 Å². The van der Waals surface area contributed by atoms with Crippen molar-refractivity contribution in [3.05, 3.63) is 112 Å². The number of amides is 1. The van der Waals surface area contributed by atoms with Crippen LogP contribution in [-0.4, -0.2) is 27.8 Å². The van der Waals surface area contributed by atoms with Crippen molar-refractivity contribution in [1.29, 1.82) is 0 Å². The molecule has 2 heterocycles. The minimum Gasteiger partial charge on any atom is -0.496 e. The molecule has 0 fully saturated rings. The summed E-state index contributed by atoms with van der Waals surface area (Å²) in [5.41, 5.74) is 3.54. The van der Waals surface area contributed by atoms with Crippen LogP contribution >= 0.6 is 23.2 Å². The normalized spacial score (nSPS) is 14.6. The van der Waals surface area contributed by atoms with Gasteiger partial charge in [0.2, 0.25) is 5.95 Å². The summed E-state index contributed by atoms with van der Waals surface area (Å²) in [5.74, 6) is 0.981. The molecule has 0 spiro atoms. The molecule has 1 aromatic heterocycles. The van der Waals surface area contributed by atoms with Gasteiger partial charge in [-0.25, -0.2) is 4.68 Å². The van der Waals surface area contributed by atoms with E-state index in [2.05, 4.69) is 20.7 Å². The van der Waals surface area contributed by atoms with Gasteiger partial charge in [-0.05, 0) is 53.6 Å². The summed E-state index contributed by atoms with van der Waals surface area (Å²) in [6, 6.07) is 22.2. The highest BCUT2D eigenvalue weighted by Gasteiger charge is 2.25. The van der Waals surface area contributed by atoms with E-state index >= 15 is 0 Å². The predicted molar refractivity (Wildman–Crippen MR) is 143 cm³/mol. The first-order chi connectivity index (χ1) is 17.5. The number of methoxy groups -OCH3 is 1. The van der Waals surface area contributed by atoms with Crippen molar-refractivity contribution in [1.82, 2.24) is 14.8 Å². The van der Waals surface area contributed by atoms with Crippen molar-refractivity contribution >= 4 is 52.8 Å². The molecule has 0 saturated carbocycles. The van der Waals surface area contributed by atoms with E-state index in [9.17, 15) is 4.79 Å². The molecule has 7 nitrogen and oxygen atoms in total. The van der Waals surface area contributed by atoms with Crippen LogP contribution in [0, 0.1) is 0 Å². The van der Waals surface area contributed by atoms with Gasteiger partial charge in [-0.15, -0.1) is 5.10 Å². The van der Waals surface area contributed by atoms with Crippen LogP contribution in [0.3, 0.4) is 0 Å². The van der Waals surface area contributed by atoms with Gasteiger partial charge in [0.25, 0.3) is 11.9 Å². The minimum atomic E-state index is -0.363. The summed E-state index contributed by atoms with van der Waals surface area (Å²) in [5, 5.41) is 11.9. The molecule has 0 radical (unpaired) electrons. The van der Waals surface area contributed by atoms with E-state index in [-0.39, 0.29) is 17.9 Å². The van der Waals surface area contributed by atoms with Crippen molar-refractivity contribution < 1.29 is 9.53 Å². The Hall–Kier alpha value is -4.07. The highest BCUT2D eigenvalue weighted by Crippen LogP contribution is 2.34. The molecule has 0 bridgehead atoms. The third-order valence-corrected chi connectivity index (χ3v) is 6.12. The van der Waals surface area contributed by atoms with Gasteiger partial charge in [0.1, 0.15) is 11.8 Å². The van der Waals surface area contributed by atoms with Gasteiger partial charge in [0.05, 0.1) is 7.11 Å². The Morgan fingerprint density at radius 3 is 2.44 bits per heavy atom. The van der Waals surface area contributed by atoms with Crippen LogP contribution in [0.1, 0.15) is 22.7 Å². The summed E-state index contributed by atoms with van der Waals surface area (Å²) in [6.45, 7) is 0. The second kappa shape index (κ2) is 10.3. The Morgan fingerprint density at radius 2 is 1.72 bits per heavy atom. The maximum atomic E-state index is 12.6. The molecule has 1 amide bonds. The molecule has 3 aromatic carbocycles. The number of nitrogens with one attached hydrogen (secondary N) is 2. The number of carbonyl (C=O) groups excluding carboxylic acids is 1. The predicted octanol–water partition coefficient (Wildman–Crippen LogP) is 6.30. The number of hydrogen-bond donors (Lipinski definition) is 2. The Bertz CT molecular complexity index is 1460. The summed E-state index contributed by atoms with van der Waals surface area (Å²) in [4.78, 5) is 17.1. The number of para-hydroxylation sites is 1. The fourth-order valence-corrected chi connectivity index (χ4v) is 4.11. The molecule has 4 aromatic rings. The highest BCUT2D eigenvalue weighted by atomic mass is 35.5. The van der Waals surface area contributed by atoms with Crippen LogP contribution < -0.4 is 15.4 Å². The van der Waals surface area contributed by atoms with Crippen molar-refractivity contribution in [3.8, 4) is 5.75 Å². The molecule has 1 aliphatic rings. The number of benzene rings is 3. The average molecular weight is 518 g/mol. The average Bonchev–Trinajstić information content (AvgIpc) is 3.30. The largest absolute Gasteiger partial charge is 0.496 e. The summed E-state index contributed by atoms with van der Waals surface area (Å²) in [7, 11) is 1.59. The Labute approximate surface area is 218 Å². The topological polar surface area (TPSA) is 81.1 Å². The monoisotopic (exact) mass is 517 g/mol. The number of anilines is 2. The maximum Gasteiger partial charge on any atom is 0.250 e. The summed E-state index contributed by atoms with van der Waals surface area (Å²) < 4.78 is 7.05. The second-order valence-electron chi connectivity index (χ2n) is 7.98. The van der Waals surface area contributed by atoms with Crippen LogP contribution in [0.2, 0.25) is 10.0 Å². The number of allylic oxidation sites excluding steroid dienone is 1. The molecule has 180 valence electrons. The first kappa shape index (κ1) is 23.7. The van der Waals surface area contributed by atoms with Crippen molar-refractivity contribution in [3.63, 3.8) is 0 Å². The van der Waals surface area contributed by atoms with Gasteiger partial charge >= 0.3 is 0 Å². The van der Waals surface area contributed by atoms with E-state index in [0.717, 1.165) is 22.4 Å². The fraction of sp³-hybridized carbons (Fsp3) is 0.0741. The zero-order chi connectivity index (χ0) is 25.1. The van der Waals surface area contributed by atoms with Gasteiger partial charge in [-0.3, -0.25) is 10.1 Å². The molecular formula is C27H21Cl2N5O2. The lowest BCUT2D eigenvalue weighted by molar-refractivity contribution is -0.111. The lowest BCUT2D eigenvalue weighted by atomic mass is 10.0. The number of carbonyl (C=O) groups is 1. The van der Waals surface area contributed by atoms with E-state index in [1.54, 1.807) is 17.9 Å². The summed E-state index contributed by atoms with van der Waals surface area (Å²) >= 11 is 12.2. The Balaban J connectivity index is 1.43. The zero-order valence-corrected chi connectivity index (χ0v) is 20.7. The number of fused-ring (bicyclic) bond motifs is 1. The molecule has 5 rings (SSSR count). The lowest BCUT2D eigenvalue weighted by Crippen LogP contribution is -2.20. The van der Waals surface area contributed by atoms with Crippen LogP contribution in [0.25, 0.3) is 11.8 Å². The molecule has 1 aliphatic heterocycles. The van der Waals surface area contributed by atoms with E-state index in [1.807, 2.05) is 78.9 Å². The van der Waals surface area contributed by atoms with Crippen LogP contribution in [-0.2, 0) is 4.79 Å². The van der Waals surface area contributed by atoms with Gasteiger partial charge in [0, 0.05) is 27.4 Å². The quantitative estimate of drug-likeness (QED) is 0.293. The molecule has 9 heteroatoms. The molecule has 36 heavy (non-hydrogen) atoms. The molecule has 0 saturated heterocycles. The van der Waals surface area contributed by atoms with Crippen LogP contribution in [0.5, 0.6) is 5.75 Å². The number of nitrogens with zero attached hydrogens (tertiary/aromatic N) is 3. The smallest absolute Gasteiger partial charge is 0.250 e. The van der Waals surface area contributed by atoms with Crippen LogP contribution in [0.4, 0.5) is 11.9 Å². The molecular weight excluding hydrogens is 497 g/mol. The van der Waals surface area contributed by atoms with Gasteiger partial charge in [-0.2, -0.15) is 4.98 Å². The van der Waals surface area contributed by atoms with E-state index in [1.165, 1.54) is 6.08 Å². The fourth-order valence-electron chi connectivity index (χ4n) is 3.86. The van der Waals surface area contributed by atoms with E-state index in [4.69, 9.17) is 27.9 Å². The van der Waals surface area contributed by atoms with E-state index in [0.29, 0.717) is 21.7 Å². The zero-order valence-electron chi connectivity index (χ0n) is 19.2. The third kappa shape index (κ3) is 5.12. The Kier molecular flexibility index (Phi) is 6.75. The standard InChI is InChI=1S/C27H21Cl2N5O2/c1-36-24-5-3-2-4-19(24)10-15-25(35)31-26-32-27-30-22(17-6-11-20(28)12-7-17)16-23(34(27)33-26)18-8-13-21(29)14-9-18/h2-16,23H,1H3,(H2,30,31,32,33,35)/b15-10+. The molecule has 1 atom stereocenters. The molecule has 0 aliphatic carbocycles. The Morgan fingerprint density at radius 1 is 1.03 bits per heavy atom. The number of rotatable bonds is 6. The molecule has 2 N–H and O–H groups in total. The van der Waals surface area contributed by atoms with Gasteiger partial charge in [-0.1, -0.05) is 65.7 Å². The van der Waals surface area contributed by atoms with E-state index < -0.39 is 0 Å². The van der Waals surface area contributed by atoms with Crippen molar-refractivity contribution in [2.24, 2.45) is 0 Å². The van der Waals surface area contributed by atoms with Gasteiger partial charge < -0.3 is 10.1 Å². The third-order valence-electron chi connectivity index (χ3n) is 5.62. The first-order valence-corrected chi connectivity index (χ1v) is 11.8. The minimum absolute atomic E-state index is 0.178. The van der Waals surface area contributed by atoms with Crippen molar-refractivity contribution in [2.45, 2.75) is 6.04 Å². The SMILES string of the molecule is COc1ccccc1/C=C/C(=O)Nc1nc2n(n1)C(c1ccc(Cl)cc1)C=C(c1ccc(Cl)cc1)N2.